The van der Waals surface area contributed by atoms with E-state index in [4.69, 9.17) is 11.6 Å². The molecule has 0 N–H and O–H groups in total. The van der Waals surface area contributed by atoms with Crippen molar-refractivity contribution in [3.05, 3.63) is 30.0 Å². The summed E-state index contributed by atoms with van der Waals surface area (Å²) in [6.07, 6.45) is 6.91. The third-order valence-corrected chi connectivity index (χ3v) is 2.86. The van der Waals surface area contributed by atoms with Gasteiger partial charge in [0.15, 0.2) is 16.6 Å². The number of carbonyl (C=O) groups is 1. The SMILES string of the molecule is O=C1C=C[C@H](n2cnc3c(Cl)ncnc32)C1. The van der Waals surface area contributed by atoms with Gasteiger partial charge in [-0.2, -0.15) is 0 Å². The molecule has 80 valence electrons. The van der Waals surface area contributed by atoms with E-state index in [1.807, 2.05) is 10.6 Å². The lowest BCUT2D eigenvalue weighted by molar-refractivity contribution is -0.114. The second-order valence-corrected chi connectivity index (χ2v) is 3.94. The maximum absolute atomic E-state index is 11.2. The molecule has 0 spiro atoms. The molecular weight excluding hydrogens is 228 g/mol. The van der Waals surface area contributed by atoms with Crippen molar-refractivity contribution in [2.45, 2.75) is 12.5 Å². The zero-order valence-corrected chi connectivity index (χ0v) is 8.92. The maximum atomic E-state index is 11.2. The molecule has 0 aromatic carbocycles. The molecule has 6 heteroatoms. The van der Waals surface area contributed by atoms with E-state index in [0.717, 1.165) is 0 Å². The highest BCUT2D eigenvalue weighted by Crippen LogP contribution is 2.25. The van der Waals surface area contributed by atoms with Gasteiger partial charge >= 0.3 is 0 Å². The normalized spacial score (nSPS) is 19.8. The molecule has 0 aliphatic heterocycles. The molecule has 2 aromatic heterocycles. The second kappa shape index (κ2) is 3.38. The van der Waals surface area contributed by atoms with Crippen LogP contribution in [0.4, 0.5) is 0 Å². The average Bonchev–Trinajstić information content (AvgIpc) is 2.84. The van der Waals surface area contributed by atoms with E-state index in [-0.39, 0.29) is 11.8 Å². The number of carbonyl (C=O) groups excluding carboxylic acids is 1. The van der Waals surface area contributed by atoms with Crippen LogP contribution in [-0.4, -0.2) is 25.3 Å². The van der Waals surface area contributed by atoms with Crippen LogP contribution >= 0.6 is 11.6 Å². The van der Waals surface area contributed by atoms with Crippen molar-refractivity contribution in [2.24, 2.45) is 0 Å². The van der Waals surface area contributed by atoms with Crippen LogP contribution in [0.2, 0.25) is 5.15 Å². The molecule has 0 radical (unpaired) electrons. The van der Waals surface area contributed by atoms with Crippen molar-refractivity contribution in [1.29, 1.82) is 0 Å². The number of imidazole rings is 1. The summed E-state index contributed by atoms with van der Waals surface area (Å²) in [6, 6.07) is -0.0107. The average molecular weight is 235 g/mol. The third-order valence-electron chi connectivity index (χ3n) is 2.59. The fraction of sp³-hybridized carbons (Fsp3) is 0.200. The maximum Gasteiger partial charge on any atom is 0.165 e. The highest BCUT2D eigenvalue weighted by atomic mass is 35.5. The van der Waals surface area contributed by atoms with Crippen molar-refractivity contribution in [3.8, 4) is 0 Å². The van der Waals surface area contributed by atoms with E-state index in [0.29, 0.717) is 22.7 Å². The van der Waals surface area contributed by atoms with E-state index < -0.39 is 0 Å². The number of ketones is 1. The summed E-state index contributed by atoms with van der Waals surface area (Å²) < 4.78 is 1.84. The zero-order chi connectivity index (χ0) is 11.1. The summed E-state index contributed by atoms with van der Waals surface area (Å²) >= 11 is 5.89. The van der Waals surface area contributed by atoms with Crippen molar-refractivity contribution in [2.75, 3.05) is 0 Å². The Labute approximate surface area is 95.8 Å². The number of aromatic nitrogens is 4. The molecule has 0 unspecified atom stereocenters. The minimum absolute atomic E-state index is 0.0107. The Morgan fingerprint density at radius 2 is 2.25 bits per heavy atom. The van der Waals surface area contributed by atoms with Crippen LogP contribution < -0.4 is 0 Å². The third kappa shape index (κ3) is 1.32. The summed E-state index contributed by atoms with van der Waals surface area (Å²) in [4.78, 5) is 23.3. The van der Waals surface area contributed by atoms with E-state index in [9.17, 15) is 4.79 Å². The Morgan fingerprint density at radius 1 is 1.38 bits per heavy atom. The molecule has 1 aliphatic rings. The van der Waals surface area contributed by atoms with Crippen LogP contribution in [0.3, 0.4) is 0 Å². The highest BCUT2D eigenvalue weighted by Gasteiger charge is 2.20. The number of hydrogen-bond acceptors (Lipinski definition) is 4. The molecule has 0 saturated carbocycles. The van der Waals surface area contributed by atoms with Gasteiger partial charge in [0.25, 0.3) is 0 Å². The van der Waals surface area contributed by atoms with Crippen LogP contribution in [0, 0.1) is 0 Å². The lowest BCUT2D eigenvalue weighted by Crippen LogP contribution is -2.05. The number of hydrogen-bond donors (Lipinski definition) is 0. The molecule has 0 saturated heterocycles. The van der Waals surface area contributed by atoms with Gasteiger partial charge in [-0.25, -0.2) is 15.0 Å². The molecule has 0 bridgehead atoms. The van der Waals surface area contributed by atoms with Crippen molar-refractivity contribution < 1.29 is 4.79 Å². The van der Waals surface area contributed by atoms with E-state index in [2.05, 4.69) is 15.0 Å². The van der Waals surface area contributed by atoms with Gasteiger partial charge in [0.2, 0.25) is 0 Å². The van der Waals surface area contributed by atoms with Crippen LogP contribution in [-0.2, 0) is 4.79 Å². The Bertz CT molecular complexity index is 604. The smallest absolute Gasteiger partial charge is 0.165 e. The number of halogens is 1. The molecule has 1 aliphatic carbocycles. The lowest BCUT2D eigenvalue weighted by atomic mass is 10.2. The van der Waals surface area contributed by atoms with E-state index in [1.165, 1.54) is 6.33 Å². The predicted molar refractivity (Wildman–Crippen MR) is 58.1 cm³/mol. The molecule has 5 nitrogen and oxygen atoms in total. The van der Waals surface area contributed by atoms with Crippen LogP contribution in [0.15, 0.2) is 24.8 Å². The molecule has 2 aromatic rings. The van der Waals surface area contributed by atoms with Gasteiger partial charge in [0.1, 0.15) is 11.8 Å². The zero-order valence-electron chi connectivity index (χ0n) is 8.17. The largest absolute Gasteiger partial charge is 0.308 e. The predicted octanol–water partition coefficient (Wildman–Crippen LogP) is 1.55. The molecule has 16 heavy (non-hydrogen) atoms. The summed E-state index contributed by atoms with van der Waals surface area (Å²) in [7, 11) is 0. The first-order valence-electron chi connectivity index (χ1n) is 4.80. The minimum atomic E-state index is -0.0107. The number of rotatable bonds is 1. The van der Waals surface area contributed by atoms with Gasteiger partial charge in [0.05, 0.1) is 12.4 Å². The van der Waals surface area contributed by atoms with Gasteiger partial charge in [-0.1, -0.05) is 17.7 Å². The Morgan fingerprint density at radius 3 is 3.00 bits per heavy atom. The molecule has 1 atom stereocenters. The number of nitrogens with zero attached hydrogens (tertiary/aromatic N) is 4. The molecule has 2 heterocycles. The molecule has 0 fully saturated rings. The highest BCUT2D eigenvalue weighted by molar-refractivity contribution is 6.33. The molecule has 0 amide bonds. The Kier molecular flexibility index (Phi) is 2.00. The molecular formula is C10H7ClN4O. The number of allylic oxidation sites excluding steroid dienone is 2. The quantitative estimate of drug-likeness (QED) is 0.703. The fourth-order valence-electron chi connectivity index (χ4n) is 1.82. The van der Waals surface area contributed by atoms with Gasteiger partial charge < -0.3 is 4.57 Å². The van der Waals surface area contributed by atoms with Crippen molar-refractivity contribution >= 4 is 28.5 Å². The summed E-state index contributed by atoms with van der Waals surface area (Å²) in [5.41, 5.74) is 1.22. The van der Waals surface area contributed by atoms with Gasteiger partial charge in [0, 0.05) is 6.42 Å². The summed E-state index contributed by atoms with van der Waals surface area (Å²) in [6.45, 7) is 0. The van der Waals surface area contributed by atoms with Crippen LogP contribution in [0.1, 0.15) is 12.5 Å². The first kappa shape index (κ1) is 9.47. The summed E-state index contributed by atoms with van der Waals surface area (Å²) in [5.74, 6) is 0.118. The van der Waals surface area contributed by atoms with E-state index in [1.54, 1.807) is 12.4 Å². The number of fused-ring (bicyclic) bond motifs is 1. The molecule has 3 rings (SSSR count). The van der Waals surface area contributed by atoms with Gasteiger partial charge in [-0.15, -0.1) is 0 Å². The Balaban J connectivity index is 2.15. The van der Waals surface area contributed by atoms with Gasteiger partial charge in [-0.05, 0) is 6.08 Å². The standard InChI is InChI=1S/C10H7ClN4O/c11-9-8-10(13-4-12-9)15(5-14-8)6-1-2-7(16)3-6/h1-2,4-6H,3H2/t6-/m0/s1. The second-order valence-electron chi connectivity index (χ2n) is 3.59. The monoisotopic (exact) mass is 234 g/mol. The lowest BCUT2D eigenvalue weighted by Gasteiger charge is -2.08. The Hall–Kier alpha value is -1.75. The summed E-state index contributed by atoms with van der Waals surface area (Å²) in [5, 5.41) is 0.331. The van der Waals surface area contributed by atoms with Crippen molar-refractivity contribution in [1.82, 2.24) is 19.5 Å². The van der Waals surface area contributed by atoms with Gasteiger partial charge in [-0.3, -0.25) is 4.79 Å². The first-order valence-corrected chi connectivity index (χ1v) is 5.17. The van der Waals surface area contributed by atoms with E-state index >= 15 is 0 Å². The fourth-order valence-corrected chi connectivity index (χ4v) is 1.99. The van der Waals surface area contributed by atoms with Crippen LogP contribution in [0.25, 0.3) is 11.2 Å². The minimum Gasteiger partial charge on any atom is -0.308 e. The van der Waals surface area contributed by atoms with Crippen LogP contribution in [0.5, 0.6) is 0 Å². The van der Waals surface area contributed by atoms with Crippen molar-refractivity contribution in [3.63, 3.8) is 0 Å². The first-order chi connectivity index (χ1) is 7.75. The topological polar surface area (TPSA) is 60.7 Å².